The molecule has 2 aliphatic heterocycles. The van der Waals surface area contributed by atoms with Gasteiger partial charge in [-0.2, -0.15) is 0 Å². The number of likely N-dealkylation sites (tertiary alicyclic amines) is 2. The highest BCUT2D eigenvalue weighted by Crippen LogP contribution is 2.22. The van der Waals surface area contributed by atoms with Gasteiger partial charge in [-0.25, -0.2) is 4.79 Å². The highest BCUT2D eigenvalue weighted by molar-refractivity contribution is 6.30. The predicted octanol–water partition coefficient (Wildman–Crippen LogP) is 3.12. The van der Waals surface area contributed by atoms with E-state index < -0.39 is 0 Å². The van der Waals surface area contributed by atoms with E-state index in [-0.39, 0.29) is 6.03 Å². The second-order valence-electron chi connectivity index (χ2n) is 6.97. The van der Waals surface area contributed by atoms with Crippen molar-refractivity contribution in [1.82, 2.24) is 15.1 Å². The summed E-state index contributed by atoms with van der Waals surface area (Å²) in [7, 11) is 1.81. The normalized spacial score (nSPS) is 20.6. The smallest absolute Gasteiger partial charge is 0.317 e. The first-order valence-electron chi connectivity index (χ1n) is 9.20. The van der Waals surface area contributed by atoms with Crippen LogP contribution in [0.5, 0.6) is 0 Å². The van der Waals surface area contributed by atoms with Gasteiger partial charge in [0, 0.05) is 50.9 Å². The fourth-order valence-electron chi connectivity index (χ4n) is 3.80. The number of hydrogen-bond donors (Lipinski definition) is 1. The lowest BCUT2D eigenvalue weighted by molar-refractivity contribution is 0.0170. The Morgan fingerprint density at radius 2 is 1.76 bits per heavy atom. The van der Waals surface area contributed by atoms with Gasteiger partial charge in [0.25, 0.3) is 0 Å². The zero-order valence-electron chi connectivity index (χ0n) is 14.9. The summed E-state index contributed by atoms with van der Waals surface area (Å²) in [6.45, 7) is 4.45. The standard InChI is InChI=1S/C19H28ClN3O2/c1-25-18-8-12-22(13-9-18)17-6-10-23(11-7-17)19(24)21-14-15-2-4-16(20)5-3-15/h2-5,17-18H,6-14H2,1H3,(H,21,24). The minimum absolute atomic E-state index is 0.0338. The number of rotatable bonds is 4. The molecule has 1 N–H and O–H groups in total. The van der Waals surface area contributed by atoms with Crippen LogP contribution < -0.4 is 5.32 Å². The van der Waals surface area contributed by atoms with Crippen molar-refractivity contribution < 1.29 is 9.53 Å². The largest absolute Gasteiger partial charge is 0.381 e. The quantitative estimate of drug-likeness (QED) is 0.891. The van der Waals surface area contributed by atoms with Gasteiger partial charge in [-0.05, 0) is 43.4 Å². The molecule has 0 radical (unpaired) electrons. The van der Waals surface area contributed by atoms with Crippen molar-refractivity contribution in [1.29, 1.82) is 0 Å². The zero-order valence-corrected chi connectivity index (χ0v) is 15.7. The van der Waals surface area contributed by atoms with Crippen LogP contribution in [0.3, 0.4) is 0 Å². The van der Waals surface area contributed by atoms with E-state index in [2.05, 4.69) is 10.2 Å². The Kier molecular flexibility index (Phi) is 6.57. The molecule has 25 heavy (non-hydrogen) atoms. The maximum atomic E-state index is 12.4. The first-order chi connectivity index (χ1) is 12.2. The monoisotopic (exact) mass is 365 g/mol. The SMILES string of the molecule is COC1CCN(C2CCN(C(=O)NCc3ccc(Cl)cc3)CC2)CC1. The van der Waals surface area contributed by atoms with E-state index in [9.17, 15) is 4.79 Å². The molecule has 138 valence electrons. The number of benzene rings is 1. The molecule has 0 saturated carbocycles. The van der Waals surface area contributed by atoms with E-state index in [4.69, 9.17) is 16.3 Å². The molecule has 2 saturated heterocycles. The molecule has 0 bridgehead atoms. The molecule has 0 unspecified atom stereocenters. The Morgan fingerprint density at radius 1 is 1.12 bits per heavy atom. The van der Waals surface area contributed by atoms with Gasteiger partial charge in [0.05, 0.1) is 6.10 Å². The number of nitrogens with zero attached hydrogens (tertiary/aromatic N) is 2. The minimum atomic E-state index is 0.0338. The number of methoxy groups -OCH3 is 1. The number of hydrogen-bond acceptors (Lipinski definition) is 3. The van der Waals surface area contributed by atoms with E-state index in [1.165, 1.54) is 0 Å². The van der Waals surface area contributed by atoms with Crippen LogP contribution in [-0.2, 0) is 11.3 Å². The number of nitrogens with one attached hydrogen (secondary N) is 1. The molecular weight excluding hydrogens is 338 g/mol. The summed E-state index contributed by atoms with van der Waals surface area (Å²) in [4.78, 5) is 16.9. The molecule has 5 nitrogen and oxygen atoms in total. The maximum absolute atomic E-state index is 12.4. The molecule has 2 amide bonds. The summed E-state index contributed by atoms with van der Waals surface area (Å²) < 4.78 is 5.45. The van der Waals surface area contributed by atoms with Crippen molar-refractivity contribution >= 4 is 17.6 Å². The van der Waals surface area contributed by atoms with E-state index in [1.807, 2.05) is 36.3 Å². The lowest BCUT2D eigenvalue weighted by Gasteiger charge is -2.41. The third-order valence-corrected chi connectivity index (χ3v) is 5.69. The number of carbonyl (C=O) groups is 1. The molecule has 0 atom stereocenters. The first-order valence-corrected chi connectivity index (χ1v) is 9.57. The fourth-order valence-corrected chi connectivity index (χ4v) is 3.93. The summed E-state index contributed by atoms with van der Waals surface area (Å²) in [6, 6.07) is 8.23. The Hall–Kier alpha value is -1.30. The van der Waals surface area contributed by atoms with Gasteiger partial charge in [0.1, 0.15) is 0 Å². The topological polar surface area (TPSA) is 44.8 Å². The number of piperidine rings is 2. The average molecular weight is 366 g/mol. The van der Waals surface area contributed by atoms with Crippen LogP contribution in [0.25, 0.3) is 0 Å². The van der Waals surface area contributed by atoms with Gasteiger partial charge in [0.15, 0.2) is 0 Å². The lowest BCUT2D eigenvalue weighted by Crippen LogP contribution is -2.51. The van der Waals surface area contributed by atoms with Crippen LogP contribution >= 0.6 is 11.6 Å². The van der Waals surface area contributed by atoms with E-state index in [1.54, 1.807) is 0 Å². The van der Waals surface area contributed by atoms with E-state index in [0.29, 0.717) is 23.7 Å². The van der Waals surface area contributed by atoms with E-state index >= 15 is 0 Å². The van der Waals surface area contributed by atoms with Crippen molar-refractivity contribution in [2.24, 2.45) is 0 Å². The Labute approximate surface area is 155 Å². The zero-order chi connectivity index (χ0) is 17.6. The van der Waals surface area contributed by atoms with E-state index in [0.717, 1.165) is 57.4 Å². The molecule has 2 aliphatic rings. The van der Waals surface area contributed by atoms with Crippen molar-refractivity contribution in [2.75, 3.05) is 33.3 Å². The lowest BCUT2D eigenvalue weighted by atomic mass is 9.99. The van der Waals surface area contributed by atoms with Gasteiger partial charge in [-0.15, -0.1) is 0 Å². The number of carbonyl (C=O) groups excluding carboxylic acids is 1. The summed E-state index contributed by atoms with van der Waals surface area (Å²) >= 11 is 5.88. The summed E-state index contributed by atoms with van der Waals surface area (Å²) in [5.41, 5.74) is 1.06. The molecule has 2 heterocycles. The molecule has 0 aliphatic carbocycles. The molecule has 1 aromatic rings. The fraction of sp³-hybridized carbons (Fsp3) is 0.632. The molecule has 0 aromatic heterocycles. The first kappa shape index (κ1) is 18.5. The summed E-state index contributed by atoms with van der Waals surface area (Å²) in [6.07, 6.45) is 4.80. The Bertz CT molecular complexity index is 550. The highest BCUT2D eigenvalue weighted by Gasteiger charge is 2.29. The van der Waals surface area contributed by atoms with Gasteiger partial charge in [0.2, 0.25) is 0 Å². The van der Waals surface area contributed by atoms with Crippen LogP contribution in [-0.4, -0.2) is 61.3 Å². The van der Waals surface area contributed by atoms with Crippen LogP contribution in [0, 0.1) is 0 Å². The molecule has 2 fully saturated rings. The summed E-state index contributed by atoms with van der Waals surface area (Å²) in [5.74, 6) is 0. The second-order valence-corrected chi connectivity index (χ2v) is 7.41. The number of ether oxygens (including phenoxy) is 1. The maximum Gasteiger partial charge on any atom is 0.317 e. The Morgan fingerprint density at radius 3 is 2.36 bits per heavy atom. The molecular formula is C19H28ClN3O2. The van der Waals surface area contributed by atoms with Crippen LogP contribution in [0.1, 0.15) is 31.2 Å². The van der Waals surface area contributed by atoms with Crippen molar-refractivity contribution in [3.05, 3.63) is 34.9 Å². The van der Waals surface area contributed by atoms with Crippen molar-refractivity contribution in [3.63, 3.8) is 0 Å². The molecule has 6 heteroatoms. The third kappa shape index (κ3) is 5.09. The molecule has 1 aromatic carbocycles. The van der Waals surface area contributed by atoms with Crippen LogP contribution in [0.15, 0.2) is 24.3 Å². The van der Waals surface area contributed by atoms with Gasteiger partial charge < -0.3 is 19.9 Å². The van der Waals surface area contributed by atoms with Crippen molar-refractivity contribution in [2.45, 2.75) is 44.4 Å². The van der Waals surface area contributed by atoms with Gasteiger partial charge in [-0.3, -0.25) is 0 Å². The number of halogens is 1. The number of amides is 2. The van der Waals surface area contributed by atoms with Gasteiger partial charge in [-0.1, -0.05) is 23.7 Å². The number of urea groups is 1. The predicted molar refractivity (Wildman–Crippen MR) is 99.9 cm³/mol. The minimum Gasteiger partial charge on any atom is -0.381 e. The highest BCUT2D eigenvalue weighted by atomic mass is 35.5. The summed E-state index contributed by atoms with van der Waals surface area (Å²) in [5, 5.41) is 3.72. The Balaban J connectivity index is 1.39. The second kappa shape index (κ2) is 8.88. The molecule has 3 rings (SSSR count). The van der Waals surface area contributed by atoms with Crippen LogP contribution in [0.4, 0.5) is 4.79 Å². The average Bonchev–Trinajstić information content (AvgIpc) is 2.67. The van der Waals surface area contributed by atoms with Gasteiger partial charge >= 0.3 is 6.03 Å². The third-order valence-electron chi connectivity index (χ3n) is 5.43. The molecule has 0 spiro atoms. The van der Waals surface area contributed by atoms with Crippen molar-refractivity contribution in [3.8, 4) is 0 Å². The van der Waals surface area contributed by atoms with Crippen LogP contribution in [0.2, 0.25) is 5.02 Å².